The number of benzene rings is 1. The van der Waals surface area contributed by atoms with Crippen LogP contribution in [0.2, 0.25) is 0 Å². The molecule has 0 aliphatic carbocycles. The topological polar surface area (TPSA) is 42.2 Å². The molecule has 0 fully saturated rings. The van der Waals surface area contributed by atoms with Crippen LogP contribution in [0, 0.1) is 0 Å². The van der Waals surface area contributed by atoms with Gasteiger partial charge >= 0.3 is 0 Å². The van der Waals surface area contributed by atoms with Gasteiger partial charge in [-0.15, -0.1) is 0 Å². The summed E-state index contributed by atoms with van der Waals surface area (Å²) in [5.74, 6) is 0.931. The lowest BCUT2D eigenvalue weighted by Crippen LogP contribution is -2.11. The lowest BCUT2D eigenvalue weighted by Gasteiger charge is -2.14. The van der Waals surface area contributed by atoms with E-state index in [4.69, 9.17) is 5.73 Å². The molecule has 2 N–H and O–H groups in total. The van der Waals surface area contributed by atoms with Crippen molar-refractivity contribution in [3.63, 3.8) is 0 Å². The van der Waals surface area contributed by atoms with Crippen LogP contribution >= 0.6 is 15.9 Å². The SMILES string of the molecule is CN(C)c1nccc2c(N)cc(Br)cc12. The van der Waals surface area contributed by atoms with Gasteiger partial charge in [-0.1, -0.05) is 15.9 Å². The van der Waals surface area contributed by atoms with E-state index in [2.05, 4.69) is 20.9 Å². The van der Waals surface area contributed by atoms with Crippen LogP contribution in [0.4, 0.5) is 11.5 Å². The van der Waals surface area contributed by atoms with Crippen molar-refractivity contribution in [3.05, 3.63) is 28.9 Å². The van der Waals surface area contributed by atoms with E-state index in [0.29, 0.717) is 0 Å². The molecule has 1 aromatic carbocycles. The first-order valence-corrected chi connectivity index (χ1v) is 5.40. The highest BCUT2D eigenvalue weighted by molar-refractivity contribution is 9.10. The minimum Gasteiger partial charge on any atom is -0.398 e. The highest BCUT2D eigenvalue weighted by Crippen LogP contribution is 2.30. The fourth-order valence-electron chi connectivity index (χ4n) is 1.62. The van der Waals surface area contributed by atoms with E-state index in [-0.39, 0.29) is 0 Å². The van der Waals surface area contributed by atoms with E-state index < -0.39 is 0 Å². The molecule has 4 heteroatoms. The van der Waals surface area contributed by atoms with Gasteiger partial charge in [-0.05, 0) is 18.2 Å². The molecule has 78 valence electrons. The Morgan fingerprint density at radius 2 is 2.00 bits per heavy atom. The normalized spacial score (nSPS) is 10.6. The number of fused-ring (bicyclic) bond motifs is 1. The Kier molecular flexibility index (Phi) is 2.52. The molecule has 0 bridgehead atoms. The van der Waals surface area contributed by atoms with Gasteiger partial charge < -0.3 is 10.6 Å². The summed E-state index contributed by atoms with van der Waals surface area (Å²) < 4.78 is 0.976. The second-order valence-electron chi connectivity index (χ2n) is 3.62. The smallest absolute Gasteiger partial charge is 0.136 e. The summed E-state index contributed by atoms with van der Waals surface area (Å²) in [5, 5.41) is 2.10. The number of anilines is 2. The van der Waals surface area contributed by atoms with Crippen LogP contribution in [-0.4, -0.2) is 19.1 Å². The molecular weight excluding hydrogens is 254 g/mol. The van der Waals surface area contributed by atoms with Crippen molar-refractivity contribution in [2.24, 2.45) is 0 Å². The molecule has 0 atom stereocenters. The van der Waals surface area contributed by atoms with Gasteiger partial charge in [0, 0.05) is 41.2 Å². The minimum atomic E-state index is 0.768. The Morgan fingerprint density at radius 3 is 2.67 bits per heavy atom. The Labute approximate surface area is 97.0 Å². The third kappa shape index (κ3) is 1.77. The molecule has 0 aliphatic heterocycles. The van der Waals surface area contributed by atoms with Crippen molar-refractivity contribution in [1.82, 2.24) is 4.98 Å². The molecular formula is C11H12BrN3. The minimum absolute atomic E-state index is 0.768. The summed E-state index contributed by atoms with van der Waals surface area (Å²) in [6.45, 7) is 0. The number of hydrogen-bond acceptors (Lipinski definition) is 3. The largest absolute Gasteiger partial charge is 0.398 e. The fourth-order valence-corrected chi connectivity index (χ4v) is 2.09. The zero-order valence-corrected chi connectivity index (χ0v) is 10.2. The van der Waals surface area contributed by atoms with Gasteiger partial charge in [0.05, 0.1) is 0 Å². The Morgan fingerprint density at radius 1 is 1.27 bits per heavy atom. The fraction of sp³-hybridized carbons (Fsp3) is 0.182. The number of hydrogen-bond donors (Lipinski definition) is 1. The molecule has 3 nitrogen and oxygen atoms in total. The molecule has 0 aliphatic rings. The third-order valence-corrected chi connectivity index (χ3v) is 2.74. The first kappa shape index (κ1) is 10.2. The van der Waals surface area contributed by atoms with Gasteiger partial charge in [0.25, 0.3) is 0 Å². The van der Waals surface area contributed by atoms with Gasteiger partial charge in [-0.3, -0.25) is 0 Å². The van der Waals surface area contributed by atoms with Crippen LogP contribution in [0.25, 0.3) is 10.8 Å². The van der Waals surface area contributed by atoms with Crippen molar-refractivity contribution < 1.29 is 0 Å². The molecule has 2 aromatic rings. The van der Waals surface area contributed by atoms with Gasteiger partial charge in [-0.2, -0.15) is 0 Å². The van der Waals surface area contributed by atoms with Gasteiger partial charge in [0.15, 0.2) is 0 Å². The predicted octanol–water partition coefficient (Wildman–Crippen LogP) is 2.65. The Bertz CT molecular complexity index is 508. The number of aromatic nitrogens is 1. The zero-order chi connectivity index (χ0) is 11.0. The average molecular weight is 266 g/mol. The standard InChI is InChI=1S/C11H12BrN3/c1-15(2)11-9-5-7(12)6-10(13)8(9)3-4-14-11/h3-6H,13H2,1-2H3. The van der Waals surface area contributed by atoms with Gasteiger partial charge in [-0.25, -0.2) is 4.98 Å². The summed E-state index contributed by atoms with van der Waals surface area (Å²) >= 11 is 3.44. The lowest BCUT2D eigenvalue weighted by atomic mass is 10.1. The molecule has 0 spiro atoms. The average Bonchev–Trinajstić information content (AvgIpc) is 2.16. The summed E-state index contributed by atoms with van der Waals surface area (Å²) in [7, 11) is 3.94. The molecule has 0 amide bonds. The summed E-state index contributed by atoms with van der Waals surface area (Å²) in [6.07, 6.45) is 1.78. The summed E-state index contributed by atoms with van der Waals surface area (Å²) in [5.41, 5.74) is 6.72. The quantitative estimate of drug-likeness (QED) is 0.807. The van der Waals surface area contributed by atoms with Crippen LogP contribution in [0.5, 0.6) is 0 Å². The number of halogens is 1. The first-order valence-electron chi connectivity index (χ1n) is 4.60. The summed E-state index contributed by atoms with van der Waals surface area (Å²) in [6, 6.07) is 5.87. The third-order valence-electron chi connectivity index (χ3n) is 2.28. The lowest BCUT2D eigenvalue weighted by molar-refractivity contribution is 1.08. The molecule has 0 radical (unpaired) electrons. The molecule has 0 unspecified atom stereocenters. The van der Waals surface area contributed by atoms with Crippen LogP contribution < -0.4 is 10.6 Å². The van der Waals surface area contributed by atoms with Gasteiger partial charge in [0.2, 0.25) is 0 Å². The number of nitrogen functional groups attached to an aromatic ring is 1. The number of pyridine rings is 1. The van der Waals surface area contributed by atoms with Gasteiger partial charge in [0.1, 0.15) is 5.82 Å². The number of nitrogens with two attached hydrogens (primary N) is 1. The van der Waals surface area contributed by atoms with E-state index in [0.717, 1.165) is 26.8 Å². The second kappa shape index (κ2) is 3.70. The highest BCUT2D eigenvalue weighted by Gasteiger charge is 2.07. The van der Waals surface area contributed by atoms with Crippen LogP contribution in [-0.2, 0) is 0 Å². The predicted molar refractivity (Wildman–Crippen MR) is 68.2 cm³/mol. The maximum absolute atomic E-state index is 5.95. The molecule has 1 aromatic heterocycles. The van der Waals surface area contributed by atoms with Crippen LogP contribution in [0.1, 0.15) is 0 Å². The monoisotopic (exact) mass is 265 g/mol. The summed E-state index contributed by atoms with van der Waals surface area (Å²) in [4.78, 5) is 6.32. The molecule has 15 heavy (non-hydrogen) atoms. The number of nitrogens with zero attached hydrogens (tertiary/aromatic N) is 2. The van der Waals surface area contributed by atoms with E-state index in [9.17, 15) is 0 Å². The van der Waals surface area contributed by atoms with Crippen LogP contribution in [0.3, 0.4) is 0 Å². The number of rotatable bonds is 1. The van der Waals surface area contributed by atoms with E-state index in [1.54, 1.807) is 6.20 Å². The maximum atomic E-state index is 5.95. The van der Waals surface area contributed by atoms with Crippen molar-refractivity contribution in [3.8, 4) is 0 Å². The van der Waals surface area contributed by atoms with Crippen molar-refractivity contribution >= 4 is 38.2 Å². The Balaban J connectivity index is 2.85. The van der Waals surface area contributed by atoms with E-state index in [1.807, 2.05) is 37.2 Å². The van der Waals surface area contributed by atoms with Crippen molar-refractivity contribution in [2.75, 3.05) is 24.7 Å². The second-order valence-corrected chi connectivity index (χ2v) is 4.53. The van der Waals surface area contributed by atoms with Crippen molar-refractivity contribution in [2.45, 2.75) is 0 Å². The molecule has 1 heterocycles. The molecule has 0 saturated heterocycles. The Hall–Kier alpha value is -1.29. The maximum Gasteiger partial charge on any atom is 0.136 e. The van der Waals surface area contributed by atoms with Crippen molar-refractivity contribution in [1.29, 1.82) is 0 Å². The highest BCUT2D eigenvalue weighted by atomic mass is 79.9. The molecule has 2 rings (SSSR count). The first-order chi connectivity index (χ1) is 7.09. The van der Waals surface area contributed by atoms with E-state index in [1.165, 1.54) is 0 Å². The van der Waals surface area contributed by atoms with Crippen LogP contribution in [0.15, 0.2) is 28.9 Å². The molecule has 0 saturated carbocycles. The van der Waals surface area contributed by atoms with E-state index >= 15 is 0 Å². The zero-order valence-electron chi connectivity index (χ0n) is 8.66.